The molecule has 0 radical (unpaired) electrons. The van der Waals surface area contributed by atoms with Crippen LogP contribution in [0.1, 0.15) is 90.0 Å². The van der Waals surface area contributed by atoms with E-state index in [2.05, 4.69) is 74.1 Å². The van der Waals surface area contributed by atoms with Gasteiger partial charge in [0.15, 0.2) is 0 Å². The third-order valence-corrected chi connectivity index (χ3v) is 11.7. The number of alkyl carbamates (subject to hydrolysis) is 2. The highest BCUT2D eigenvalue weighted by Gasteiger charge is 2.39. The van der Waals surface area contributed by atoms with E-state index in [1.165, 1.54) is 7.11 Å². The van der Waals surface area contributed by atoms with Gasteiger partial charge in [-0.2, -0.15) is 0 Å². The average Bonchev–Trinajstić information content (AvgIpc) is 4.09. The Morgan fingerprint density at radius 2 is 1.08 bits per heavy atom. The molecule has 3 aliphatic rings. The minimum atomic E-state index is -0.710. The summed E-state index contributed by atoms with van der Waals surface area (Å²) in [5.41, 5.74) is 5.78. The quantitative estimate of drug-likeness (QED) is 0.120. The molecule has 314 valence electrons. The highest BCUT2D eigenvalue weighted by Crippen LogP contribution is 2.35. The van der Waals surface area contributed by atoms with Gasteiger partial charge < -0.3 is 44.6 Å². The number of aromatic nitrogens is 4. The van der Waals surface area contributed by atoms with E-state index in [-0.39, 0.29) is 41.8 Å². The molecule has 4 N–H and O–H groups in total. The Kier molecular flexibility index (Phi) is 13.0. The van der Waals surface area contributed by atoms with Crippen LogP contribution in [0, 0.1) is 11.8 Å². The first-order chi connectivity index (χ1) is 28.5. The van der Waals surface area contributed by atoms with Crippen LogP contribution in [0.5, 0.6) is 0 Å². The first-order valence-corrected chi connectivity index (χ1v) is 20.8. The van der Waals surface area contributed by atoms with Crippen molar-refractivity contribution in [2.75, 3.05) is 33.4 Å². The lowest BCUT2D eigenvalue weighted by Gasteiger charge is -2.31. The Morgan fingerprint density at radius 3 is 1.51 bits per heavy atom. The van der Waals surface area contributed by atoms with Crippen molar-refractivity contribution < 1.29 is 33.4 Å². The fourth-order valence-electron chi connectivity index (χ4n) is 8.30. The van der Waals surface area contributed by atoms with Crippen LogP contribution in [0.2, 0.25) is 0 Å². The number of ether oxygens (including phenoxy) is 3. The lowest BCUT2D eigenvalue weighted by atomic mass is 10.0. The van der Waals surface area contributed by atoms with Crippen molar-refractivity contribution in [1.29, 1.82) is 0 Å². The molecular formula is C44H56N8O7. The second-order valence-corrected chi connectivity index (χ2v) is 16.3. The zero-order chi connectivity index (χ0) is 41.6. The van der Waals surface area contributed by atoms with Gasteiger partial charge in [-0.15, -0.1) is 0 Å². The molecule has 7 rings (SSSR count). The fraction of sp³-hybridized carbons (Fsp3) is 0.500. The van der Waals surface area contributed by atoms with E-state index in [4.69, 9.17) is 19.2 Å². The predicted octanol–water partition coefficient (Wildman–Crippen LogP) is 6.77. The number of nitrogens with zero attached hydrogens (tertiary/aromatic N) is 4. The standard InChI is InChI=1S/C44H56N8O7/c1-26(2)37(49-43(55)57-5)41(53)51-20-6-8-35(51)39-45-24-33(47-39)30-14-10-28(11-15-30)29-12-16-31(17-13-29)34-25-46-40(48-34)36-9-7-21-52(36)42(54)38(27(3)4)50-44(56)59-32-18-22-58-23-19-32/h10-17,24-27,32,35-38H,6-9,18-23H2,1-5H3,(H,45,47)(H,46,48)(H,49,55)(H,50,56)/t35-,36-,37-,38-/m0/s1. The molecule has 0 aliphatic carbocycles. The number of amides is 4. The first-order valence-electron chi connectivity index (χ1n) is 20.8. The largest absolute Gasteiger partial charge is 0.453 e. The van der Waals surface area contributed by atoms with Crippen LogP contribution in [0.25, 0.3) is 33.6 Å². The first kappa shape index (κ1) is 41.5. The second kappa shape index (κ2) is 18.5. The SMILES string of the molecule is COC(=O)N[C@H](C(=O)N1CCC[C@H]1c1ncc(-c2ccc(-c3ccc(-c4cnc([C@@H]5CCCN5C(=O)[C@@H](NC(=O)OC5CCOCC5)C(C)C)[nH]4)cc3)cc2)[nH]1)C(C)C. The van der Waals surface area contributed by atoms with Crippen LogP contribution in [0.3, 0.4) is 0 Å². The number of imidazole rings is 2. The molecule has 3 aliphatic heterocycles. The number of carbonyl (C=O) groups is 4. The summed E-state index contributed by atoms with van der Waals surface area (Å²) in [4.78, 5) is 72.1. The summed E-state index contributed by atoms with van der Waals surface area (Å²) in [5.74, 6) is 0.942. The fourth-order valence-corrected chi connectivity index (χ4v) is 8.30. The monoisotopic (exact) mass is 808 g/mol. The van der Waals surface area contributed by atoms with E-state index in [1.807, 2.05) is 43.7 Å². The minimum Gasteiger partial charge on any atom is -0.453 e. The molecule has 3 fully saturated rings. The molecule has 0 unspecified atom stereocenters. The van der Waals surface area contributed by atoms with Crippen molar-refractivity contribution in [3.05, 3.63) is 72.6 Å². The molecule has 4 amide bonds. The highest BCUT2D eigenvalue weighted by atomic mass is 16.6. The number of methoxy groups -OCH3 is 1. The van der Waals surface area contributed by atoms with E-state index in [0.717, 1.165) is 71.0 Å². The maximum atomic E-state index is 13.9. The molecule has 2 aromatic heterocycles. The summed E-state index contributed by atoms with van der Waals surface area (Å²) in [6.45, 7) is 9.96. The van der Waals surface area contributed by atoms with Crippen LogP contribution >= 0.6 is 0 Å². The molecule has 4 atom stereocenters. The molecule has 15 heteroatoms. The molecule has 3 saturated heterocycles. The van der Waals surface area contributed by atoms with Gasteiger partial charge in [-0.05, 0) is 59.8 Å². The number of hydrogen-bond acceptors (Lipinski definition) is 9. The van der Waals surface area contributed by atoms with Crippen LogP contribution < -0.4 is 10.6 Å². The average molecular weight is 809 g/mol. The van der Waals surface area contributed by atoms with Crippen molar-refractivity contribution in [3.63, 3.8) is 0 Å². The van der Waals surface area contributed by atoms with Gasteiger partial charge in [0.2, 0.25) is 11.8 Å². The number of H-pyrrole nitrogens is 2. The van der Waals surface area contributed by atoms with Gasteiger partial charge in [-0.1, -0.05) is 76.2 Å². The zero-order valence-corrected chi connectivity index (χ0v) is 34.5. The molecular weight excluding hydrogens is 753 g/mol. The lowest BCUT2D eigenvalue weighted by molar-refractivity contribution is -0.136. The Balaban J connectivity index is 0.974. The summed E-state index contributed by atoms with van der Waals surface area (Å²) in [7, 11) is 1.29. The number of rotatable bonds is 12. The maximum absolute atomic E-state index is 13.9. The summed E-state index contributed by atoms with van der Waals surface area (Å²) in [5, 5.41) is 5.54. The molecule has 4 aromatic rings. The van der Waals surface area contributed by atoms with Gasteiger partial charge in [0.25, 0.3) is 0 Å². The van der Waals surface area contributed by atoms with Crippen LogP contribution in [-0.2, 0) is 23.8 Å². The molecule has 5 heterocycles. The van der Waals surface area contributed by atoms with Crippen molar-refractivity contribution >= 4 is 24.0 Å². The normalized spacial score (nSPS) is 19.5. The van der Waals surface area contributed by atoms with Crippen molar-refractivity contribution in [2.45, 2.75) is 96.5 Å². The number of carbonyl (C=O) groups excluding carboxylic acids is 4. The summed E-state index contributed by atoms with van der Waals surface area (Å²) < 4.78 is 15.7. The van der Waals surface area contributed by atoms with Gasteiger partial charge in [0.05, 0.1) is 56.2 Å². The summed E-state index contributed by atoms with van der Waals surface area (Å²) in [6.07, 6.45) is 6.77. The maximum Gasteiger partial charge on any atom is 0.408 e. The van der Waals surface area contributed by atoms with Crippen LogP contribution in [-0.4, -0.2) is 105 Å². The van der Waals surface area contributed by atoms with Crippen molar-refractivity contribution in [3.8, 4) is 33.6 Å². The van der Waals surface area contributed by atoms with Crippen LogP contribution in [0.15, 0.2) is 60.9 Å². The van der Waals surface area contributed by atoms with Gasteiger partial charge >= 0.3 is 12.2 Å². The van der Waals surface area contributed by atoms with Gasteiger partial charge in [0, 0.05) is 25.9 Å². The van der Waals surface area contributed by atoms with Crippen molar-refractivity contribution in [2.24, 2.45) is 11.8 Å². The highest BCUT2D eigenvalue weighted by molar-refractivity contribution is 5.87. The smallest absolute Gasteiger partial charge is 0.408 e. The Bertz CT molecular complexity index is 2070. The summed E-state index contributed by atoms with van der Waals surface area (Å²) in [6, 6.07) is 14.7. The molecule has 0 spiro atoms. The third kappa shape index (κ3) is 9.46. The Labute approximate surface area is 345 Å². The van der Waals surface area contributed by atoms with E-state index < -0.39 is 24.3 Å². The van der Waals surface area contributed by atoms with Crippen molar-refractivity contribution in [1.82, 2.24) is 40.4 Å². The van der Waals surface area contributed by atoms with Gasteiger partial charge in [0.1, 0.15) is 29.8 Å². The van der Waals surface area contributed by atoms with Gasteiger partial charge in [-0.3, -0.25) is 9.59 Å². The molecule has 0 bridgehead atoms. The van der Waals surface area contributed by atoms with E-state index >= 15 is 0 Å². The minimum absolute atomic E-state index is 0.106. The zero-order valence-electron chi connectivity index (χ0n) is 34.5. The van der Waals surface area contributed by atoms with Crippen LogP contribution in [0.4, 0.5) is 9.59 Å². The van der Waals surface area contributed by atoms with E-state index in [9.17, 15) is 19.2 Å². The molecule has 2 aromatic carbocycles. The number of likely N-dealkylation sites (tertiary alicyclic amines) is 2. The van der Waals surface area contributed by atoms with E-state index in [1.54, 1.807) is 6.20 Å². The number of hydrogen-bond donors (Lipinski definition) is 4. The second-order valence-electron chi connectivity index (χ2n) is 16.3. The number of aromatic amines is 2. The molecule has 0 saturated carbocycles. The topological polar surface area (TPSA) is 184 Å². The Hall–Kier alpha value is -5.70. The summed E-state index contributed by atoms with van der Waals surface area (Å²) >= 11 is 0. The number of benzene rings is 2. The van der Waals surface area contributed by atoms with Gasteiger partial charge in [-0.25, -0.2) is 19.6 Å². The third-order valence-electron chi connectivity index (χ3n) is 11.7. The molecule has 59 heavy (non-hydrogen) atoms. The predicted molar refractivity (Wildman–Crippen MR) is 221 cm³/mol. The Morgan fingerprint density at radius 1 is 0.661 bits per heavy atom. The lowest BCUT2D eigenvalue weighted by Crippen LogP contribution is -2.51. The molecule has 15 nitrogen and oxygen atoms in total. The number of nitrogens with one attached hydrogen (secondary N) is 4. The van der Waals surface area contributed by atoms with E-state index in [0.29, 0.717) is 39.1 Å².